The smallest absolute Gasteiger partial charge is 0.326 e. The van der Waals surface area contributed by atoms with Crippen molar-refractivity contribution in [2.45, 2.75) is 52.1 Å². The molecule has 0 atom stereocenters. The Bertz CT molecular complexity index is 838. The van der Waals surface area contributed by atoms with E-state index in [-0.39, 0.29) is 18.1 Å². The number of hydrogen-bond acceptors (Lipinski definition) is 6. The van der Waals surface area contributed by atoms with Gasteiger partial charge in [-0.25, -0.2) is 4.98 Å². The van der Waals surface area contributed by atoms with Crippen LogP contribution in [-0.4, -0.2) is 41.1 Å². The zero-order valence-electron chi connectivity index (χ0n) is 15.1. The molecule has 0 saturated carbocycles. The monoisotopic (exact) mass is 363 g/mol. The van der Waals surface area contributed by atoms with Crippen LogP contribution in [0.1, 0.15) is 42.5 Å². The number of thiophene rings is 1. The largest absolute Gasteiger partial charge is 0.464 e. The molecule has 0 amide bonds. The first-order chi connectivity index (χ1) is 12.0. The van der Waals surface area contributed by atoms with E-state index in [9.17, 15) is 9.59 Å². The highest BCUT2D eigenvalue weighted by Crippen LogP contribution is 2.33. The number of hydrogen-bond donors (Lipinski definition) is 0. The number of nitrogens with zero attached hydrogens (tertiary/aromatic N) is 3. The fourth-order valence-corrected chi connectivity index (χ4v) is 4.51. The molecule has 0 fully saturated rings. The number of esters is 1. The third kappa shape index (κ3) is 3.77. The van der Waals surface area contributed by atoms with E-state index in [2.05, 4.69) is 0 Å². The molecule has 2 aromatic heterocycles. The molecule has 25 heavy (non-hydrogen) atoms. The van der Waals surface area contributed by atoms with Crippen LogP contribution in [-0.2, 0) is 35.5 Å². The van der Waals surface area contributed by atoms with Crippen molar-refractivity contribution in [1.82, 2.24) is 14.5 Å². The van der Waals surface area contributed by atoms with Crippen LogP contribution in [0.5, 0.6) is 0 Å². The topological polar surface area (TPSA) is 64.4 Å². The number of carbonyl (C=O) groups excluding carboxylic acids is 1. The third-order valence-electron chi connectivity index (χ3n) is 4.37. The van der Waals surface area contributed by atoms with Gasteiger partial charge < -0.3 is 9.64 Å². The van der Waals surface area contributed by atoms with Crippen molar-refractivity contribution in [3.8, 4) is 0 Å². The van der Waals surface area contributed by atoms with Gasteiger partial charge in [-0.1, -0.05) is 6.92 Å². The average molecular weight is 363 g/mol. The highest BCUT2D eigenvalue weighted by atomic mass is 32.1. The predicted molar refractivity (Wildman–Crippen MR) is 99.2 cm³/mol. The lowest BCUT2D eigenvalue weighted by Gasteiger charge is -2.16. The molecule has 0 unspecified atom stereocenters. The second-order valence-electron chi connectivity index (χ2n) is 6.77. The maximum absolute atomic E-state index is 13.2. The maximum Gasteiger partial charge on any atom is 0.326 e. The number of rotatable bonds is 6. The van der Waals surface area contributed by atoms with Gasteiger partial charge in [0, 0.05) is 4.88 Å². The van der Waals surface area contributed by atoms with E-state index in [1.54, 1.807) is 11.3 Å². The Morgan fingerprint density at radius 3 is 2.80 bits per heavy atom. The SMILES string of the molecule is CCCOC(=O)Cn1c(CN(C)C)nc2sc3c(c2c1=O)CCCC3. The Morgan fingerprint density at radius 2 is 2.08 bits per heavy atom. The van der Waals surface area contributed by atoms with E-state index >= 15 is 0 Å². The van der Waals surface area contributed by atoms with E-state index in [0.29, 0.717) is 24.4 Å². The fraction of sp³-hybridized carbons (Fsp3) is 0.611. The molecule has 2 aromatic rings. The molecule has 1 aliphatic rings. The lowest BCUT2D eigenvalue weighted by atomic mass is 9.97. The second-order valence-corrected chi connectivity index (χ2v) is 7.85. The molecule has 7 heteroatoms. The minimum Gasteiger partial charge on any atom is -0.464 e. The van der Waals surface area contributed by atoms with Gasteiger partial charge in [0.25, 0.3) is 5.56 Å². The minimum absolute atomic E-state index is 0.0738. The molecule has 2 heterocycles. The molecule has 1 aliphatic carbocycles. The van der Waals surface area contributed by atoms with Crippen LogP contribution in [0.15, 0.2) is 4.79 Å². The van der Waals surface area contributed by atoms with Gasteiger partial charge in [-0.2, -0.15) is 0 Å². The lowest BCUT2D eigenvalue weighted by Crippen LogP contribution is -2.31. The van der Waals surface area contributed by atoms with Gasteiger partial charge in [-0.05, 0) is 51.8 Å². The van der Waals surface area contributed by atoms with Crippen LogP contribution in [0, 0.1) is 0 Å². The van der Waals surface area contributed by atoms with E-state index in [4.69, 9.17) is 9.72 Å². The molecule has 0 aliphatic heterocycles. The highest BCUT2D eigenvalue weighted by molar-refractivity contribution is 7.18. The van der Waals surface area contributed by atoms with Crippen molar-refractivity contribution in [2.75, 3.05) is 20.7 Å². The van der Waals surface area contributed by atoms with E-state index in [0.717, 1.165) is 36.1 Å². The van der Waals surface area contributed by atoms with Crippen molar-refractivity contribution in [2.24, 2.45) is 0 Å². The van der Waals surface area contributed by atoms with Gasteiger partial charge >= 0.3 is 5.97 Å². The Kier molecular flexibility index (Phi) is 5.54. The van der Waals surface area contributed by atoms with Crippen LogP contribution in [0.25, 0.3) is 10.2 Å². The molecule has 0 N–H and O–H groups in total. The summed E-state index contributed by atoms with van der Waals surface area (Å²) >= 11 is 1.64. The summed E-state index contributed by atoms with van der Waals surface area (Å²) in [6.07, 6.45) is 5.00. The number of fused-ring (bicyclic) bond motifs is 3. The molecule has 0 spiro atoms. The lowest BCUT2D eigenvalue weighted by molar-refractivity contribution is -0.144. The summed E-state index contributed by atoms with van der Waals surface area (Å²) in [5.41, 5.74) is 1.05. The average Bonchev–Trinajstić information content (AvgIpc) is 2.94. The Hall–Kier alpha value is -1.73. The van der Waals surface area contributed by atoms with Crippen molar-refractivity contribution in [3.63, 3.8) is 0 Å². The van der Waals surface area contributed by atoms with Crippen LogP contribution in [0.4, 0.5) is 0 Å². The molecular formula is C18H25N3O3S. The van der Waals surface area contributed by atoms with Crippen LogP contribution in [0.3, 0.4) is 0 Å². The summed E-state index contributed by atoms with van der Waals surface area (Å²) < 4.78 is 6.68. The van der Waals surface area contributed by atoms with E-state index < -0.39 is 0 Å². The first-order valence-electron chi connectivity index (χ1n) is 8.85. The first-order valence-corrected chi connectivity index (χ1v) is 9.67. The number of carbonyl (C=O) groups is 1. The normalized spacial score (nSPS) is 14.1. The molecule has 0 radical (unpaired) electrons. The predicted octanol–water partition coefficient (Wildman–Crippen LogP) is 2.35. The quantitative estimate of drug-likeness (QED) is 0.737. The Morgan fingerprint density at radius 1 is 1.32 bits per heavy atom. The summed E-state index contributed by atoms with van der Waals surface area (Å²) in [5, 5.41) is 0.713. The Balaban J connectivity index is 2.09. The van der Waals surface area contributed by atoms with Gasteiger partial charge in [0.05, 0.1) is 18.5 Å². The summed E-state index contributed by atoms with van der Waals surface area (Å²) in [7, 11) is 3.85. The number of aromatic nitrogens is 2. The standard InChI is InChI=1S/C18H25N3O3S/c1-4-9-24-15(22)11-21-14(10-20(2)3)19-17-16(18(21)23)12-7-5-6-8-13(12)25-17/h4-11H2,1-3H3. The summed E-state index contributed by atoms with van der Waals surface area (Å²) in [5.74, 6) is 0.240. The zero-order valence-corrected chi connectivity index (χ0v) is 15.9. The molecule has 0 aromatic carbocycles. The van der Waals surface area contributed by atoms with Gasteiger partial charge in [-0.15, -0.1) is 11.3 Å². The fourth-order valence-electron chi connectivity index (χ4n) is 3.24. The van der Waals surface area contributed by atoms with Crippen molar-refractivity contribution in [3.05, 3.63) is 26.6 Å². The maximum atomic E-state index is 13.2. The summed E-state index contributed by atoms with van der Waals surface area (Å²) in [6.45, 7) is 2.76. The number of aryl methyl sites for hydroxylation is 2. The van der Waals surface area contributed by atoms with Crippen molar-refractivity contribution < 1.29 is 9.53 Å². The molecule has 136 valence electrons. The van der Waals surface area contributed by atoms with Crippen LogP contribution >= 0.6 is 11.3 Å². The summed E-state index contributed by atoms with van der Waals surface area (Å²) in [6, 6.07) is 0. The van der Waals surface area contributed by atoms with Crippen molar-refractivity contribution >= 4 is 27.5 Å². The molecule has 0 bridgehead atoms. The first kappa shape index (κ1) is 18.1. The van der Waals surface area contributed by atoms with Gasteiger partial charge in [-0.3, -0.25) is 14.2 Å². The second kappa shape index (κ2) is 7.66. The van der Waals surface area contributed by atoms with Gasteiger partial charge in [0.1, 0.15) is 17.2 Å². The third-order valence-corrected chi connectivity index (χ3v) is 5.55. The Labute approximate surface area is 151 Å². The molecular weight excluding hydrogens is 338 g/mol. The van der Waals surface area contributed by atoms with Crippen LogP contribution in [0.2, 0.25) is 0 Å². The molecule has 0 saturated heterocycles. The van der Waals surface area contributed by atoms with E-state index in [1.807, 2.05) is 25.9 Å². The van der Waals surface area contributed by atoms with Gasteiger partial charge in [0.15, 0.2) is 0 Å². The zero-order chi connectivity index (χ0) is 18.0. The number of ether oxygens (including phenoxy) is 1. The molecule has 6 nitrogen and oxygen atoms in total. The van der Waals surface area contributed by atoms with E-state index in [1.165, 1.54) is 15.9 Å². The summed E-state index contributed by atoms with van der Waals surface area (Å²) in [4.78, 5) is 34.1. The molecule has 3 rings (SSSR count). The highest BCUT2D eigenvalue weighted by Gasteiger charge is 2.23. The van der Waals surface area contributed by atoms with Crippen LogP contribution < -0.4 is 5.56 Å². The van der Waals surface area contributed by atoms with Gasteiger partial charge in [0.2, 0.25) is 0 Å². The minimum atomic E-state index is -0.380. The van der Waals surface area contributed by atoms with Crippen molar-refractivity contribution in [1.29, 1.82) is 0 Å².